The minimum absolute atomic E-state index is 0.528. The number of rotatable bonds is 3. The normalized spacial score (nSPS) is 10.6. The molecule has 3 aromatic rings. The molecule has 0 aliphatic rings. The van der Waals surface area contributed by atoms with Crippen LogP contribution in [0.1, 0.15) is 0 Å². The van der Waals surface area contributed by atoms with E-state index in [1.54, 1.807) is 23.9 Å². The first kappa shape index (κ1) is 13.4. The molecule has 106 valence electrons. The highest BCUT2D eigenvalue weighted by Crippen LogP contribution is 2.28. The number of methoxy groups -OCH3 is 1. The van der Waals surface area contributed by atoms with E-state index in [0.717, 1.165) is 11.3 Å². The molecule has 6 nitrogen and oxygen atoms in total. The van der Waals surface area contributed by atoms with Gasteiger partial charge in [-0.3, -0.25) is 0 Å². The second kappa shape index (κ2) is 5.41. The Balaban J connectivity index is 2.11. The molecule has 0 bridgehead atoms. The van der Waals surface area contributed by atoms with Gasteiger partial charge in [0.2, 0.25) is 0 Å². The Bertz CT molecular complexity index is 787. The molecule has 0 saturated heterocycles. The monoisotopic (exact) mass is 301 g/mol. The first-order chi connectivity index (χ1) is 10.2. The number of nitrogens with zero attached hydrogens (tertiary/aromatic N) is 4. The molecule has 3 rings (SSSR count). The Hall–Kier alpha value is -2.60. The lowest BCUT2D eigenvalue weighted by Crippen LogP contribution is -2.01. The Morgan fingerprint density at radius 2 is 2.05 bits per heavy atom. The van der Waals surface area contributed by atoms with Crippen molar-refractivity contribution < 1.29 is 4.74 Å². The standard InChI is InChI=1S/C14H12ClN5O/c1-21-13-8-11(5-6-12(13)15)20-14(17-18-19-20)9-3-2-4-10(16)7-9/h2-8H,16H2,1H3. The lowest BCUT2D eigenvalue weighted by molar-refractivity contribution is 0.414. The fraction of sp³-hybridized carbons (Fsp3) is 0.0714. The molecule has 1 aromatic heterocycles. The molecule has 2 N–H and O–H groups in total. The zero-order valence-corrected chi connectivity index (χ0v) is 11.9. The van der Waals surface area contributed by atoms with Gasteiger partial charge in [-0.05, 0) is 34.7 Å². The zero-order valence-electron chi connectivity index (χ0n) is 11.2. The van der Waals surface area contributed by atoms with Crippen LogP contribution in [0.5, 0.6) is 5.75 Å². The highest BCUT2D eigenvalue weighted by Gasteiger charge is 2.12. The van der Waals surface area contributed by atoms with Gasteiger partial charge in [0.1, 0.15) is 5.75 Å². The summed E-state index contributed by atoms with van der Waals surface area (Å²) in [5, 5.41) is 12.3. The van der Waals surface area contributed by atoms with Gasteiger partial charge in [-0.15, -0.1) is 5.10 Å². The van der Waals surface area contributed by atoms with Crippen LogP contribution in [-0.2, 0) is 0 Å². The molecule has 0 radical (unpaired) electrons. The maximum Gasteiger partial charge on any atom is 0.187 e. The number of hydrogen-bond acceptors (Lipinski definition) is 5. The van der Waals surface area contributed by atoms with E-state index >= 15 is 0 Å². The zero-order chi connectivity index (χ0) is 14.8. The Kier molecular flexibility index (Phi) is 3.45. The predicted molar refractivity (Wildman–Crippen MR) is 80.6 cm³/mol. The molecule has 21 heavy (non-hydrogen) atoms. The summed E-state index contributed by atoms with van der Waals surface area (Å²) in [5.41, 5.74) is 8.03. The highest BCUT2D eigenvalue weighted by molar-refractivity contribution is 6.32. The predicted octanol–water partition coefficient (Wildman–Crippen LogP) is 2.57. The molecule has 0 aliphatic heterocycles. The van der Waals surface area contributed by atoms with Gasteiger partial charge in [0.15, 0.2) is 5.82 Å². The van der Waals surface area contributed by atoms with Gasteiger partial charge in [-0.25, -0.2) is 0 Å². The number of hydrogen-bond donors (Lipinski definition) is 1. The fourth-order valence-corrected chi connectivity index (χ4v) is 2.19. The Morgan fingerprint density at radius 3 is 2.81 bits per heavy atom. The number of benzene rings is 2. The summed E-state index contributed by atoms with van der Waals surface area (Å²) in [7, 11) is 1.56. The van der Waals surface area contributed by atoms with Crippen LogP contribution in [0.3, 0.4) is 0 Å². The average Bonchev–Trinajstić information content (AvgIpc) is 2.97. The first-order valence-electron chi connectivity index (χ1n) is 6.17. The van der Waals surface area contributed by atoms with Crippen molar-refractivity contribution in [2.75, 3.05) is 12.8 Å². The van der Waals surface area contributed by atoms with Gasteiger partial charge in [-0.2, -0.15) is 4.68 Å². The van der Waals surface area contributed by atoms with E-state index in [1.807, 2.05) is 30.3 Å². The maximum absolute atomic E-state index is 6.03. The summed E-state index contributed by atoms with van der Waals surface area (Å²) in [6.45, 7) is 0. The van der Waals surface area contributed by atoms with Gasteiger partial charge in [0.25, 0.3) is 0 Å². The Morgan fingerprint density at radius 1 is 1.19 bits per heavy atom. The van der Waals surface area contributed by atoms with Crippen LogP contribution in [0.25, 0.3) is 17.1 Å². The van der Waals surface area contributed by atoms with Crippen molar-refractivity contribution in [1.82, 2.24) is 20.2 Å². The highest BCUT2D eigenvalue weighted by atomic mass is 35.5. The maximum atomic E-state index is 6.03. The lowest BCUT2D eigenvalue weighted by atomic mass is 10.2. The third-order valence-electron chi connectivity index (χ3n) is 2.99. The Labute approximate surface area is 126 Å². The van der Waals surface area contributed by atoms with E-state index in [0.29, 0.717) is 22.3 Å². The molecule has 7 heteroatoms. The van der Waals surface area contributed by atoms with Crippen LogP contribution in [0.4, 0.5) is 5.69 Å². The van der Waals surface area contributed by atoms with Gasteiger partial charge in [0.05, 0.1) is 17.8 Å². The van der Waals surface area contributed by atoms with Crippen LogP contribution in [0.15, 0.2) is 42.5 Å². The van der Waals surface area contributed by atoms with Gasteiger partial charge in [0, 0.05) is 17.3 Å². The first-order valence-corrected chi connectivity index (χ1v) is 6.55. The van der Waals surface area contributed by atoms with Crippen molar-refractivity contribution in [3.05, 3.63) is 47.5 Å². The van der Waals surface area contributed by atoms with Gasteiger partial charge in [-0.1, -0.05) is 23.7 Å². The van der Waals surface area contributed by atoms with Crippen LogP contribution in [0.2, 0.25) is 5.02 Å². The van der Waals surface area contributed by atoms with Gasteiger partial charge < -0.3 is 10.5 Å². The molecule has 0 saturated carbocycles. The second-order valence-electron chi connectivity index (χ2n) is 4.36. The molecule has 1 heterocycles. The third kappa shape index (κ3) is 2.53. The summed E-state index contributed by atoms with van der Waals surface area (Å²) in [5.74, 6) is 1.15. The van der Waals surface area contributed by atoms with E-state index in [2.05, 4.69) is 15.5 Å². The summed E-state index contributed by atoms with van der Waals surface area (Å²) < 4.78 is 6.82. The third-order valence-corrected chi connectivity index (χ3v) is 3.31. The molecule has 0 amide bonds. The van der Waals surface area contributed by atoms with E-state index in [1.165, 1.54) is 0 Å². The minimum atomic E-state index is 0.528. The van der Waals surface area contributed by atoms with Crippen LogP contribution < -0.4 is 10.5 Å². The molecule has 0 aliphatic carbocycles. The van der Waals surface area contributed by atoms with Crippen molar-refractivity contribution in [3.8, 4) is 22.8 Å². The minimum Gasteiger partial charge on any atom is -0.495 e. The van der Waals surface area contributed by atoms with Crippen molar-refractivity contribution in [2.45, 2.75) is 0 Å². The molecule has 0 fully saturated rings. The average molecular weight is 302 g/mol. The topological polar surface area (TPSA) is 78.8 Å². The van der Waals surface area contributed by atoms with Crippen molar-refractivity contribution in [3.63, 3.8) is 0 Å². The molecule has 0 atom stereocenters. The number of halogens is 1. The largest absolute Gasteiger partial charge is 0.495 e. The molecular weight excluding hydrogens is 290 g/mol. The number of anilines is 1. The molecule has 0 unspecified atom stereocenters. The van der Waals surface area contributed by atoms with Crippen LogP contribution >= 0.6 is 11.6 Å². The fourth-order valence-electron chi connectivity index (χ4n) is 2.00. The lowest BCUT2D eigenvalue weighted by Gasteiger charge is -2.08. The van der Waals surface area contributed by atoms with E-state index < -0.39 is 0 Å². The van der Waals surface area contributed by atoms with E-state index in [4.69, 9.17) is 22.1 Å². The molecular formula is C14H12ClN5O. The molecule has 2 aromatic carbocycles. The number of nitrogens with two attached hydrogens (primary N) is 1. The quantitative estimate of drug-likeness (QED) is 0.752. The summed E-state index contributed by atoms with van der Waals surface area (Å²) in [6.07, 6.45) is 0. The summed E-state index contributed by atoms with van der Waals surface area (Å²) >= 11 is 6.03. The summed E-state index contributed by atoms with van der Waals surface area (Å²) in [4.78, 5) is 0. The van der Waals surface area contributed by atoms with E-state index in [-0.39, 0.29) is 0 Å². The molecule has 0 spiro atoms. The van der Waals surface area contributed by atoms with Crippen molar-refractivity contribution in [2.24, 2.45) is 0 Å². The number of ether oxygens (including phenoxy) is 1. The number of nitrogen functional groups attached to an aromatic ring is 1. The van der Waals surface area contributed by atoms with Crippen molar-refractivity contribution in [1.29, 1.82) is 0 Å². The van der Waals surface area contributed by atoms with E-state index in [9.17, 15) is 0 Å². The summed E-state index contributed by atoms with van der Waals surface area (Å²) in [6, 6.07) is 12.7. The van der Waals surface area contributed by atoms with Gasteiger partial charge >= 0.3 is 0 Å². The SMILES string of the molecule is COc1cc(-n2nnnc2-c2cccc(N)c2)ccc1Cl. The van der Waals surface area contributed by atoms with Crippen LogP contribution in [-0.4, -0.2) is 27.3 Å². The van der Waals surface area contributed by atoms with Crippen molar-refractivity contribution >= 4 is 17.3 Å². The van der Waals surface area contributed by atoms with Crippen LogP contribution in [0, 0.1) is 0 Å². The number of aromatic nitrogens is 4. The number of tetrazole rings is 1. The smallest absolute Gasteiger partial charge is 0.187 e. The second-order valence-corrected chi connectivity index (χ2v) is 4.77.